The molecule has 2 aromatic carbocycles. The number of amides is 1. The number of carbonyl (C=O) groups excluding carboxylic acids is 1. The molecular formula is C19H16F6N2O3S. The Hall–Kier alpha value is -2.60. The lowest BCUT2D eigenvalue weighted by molar-refractivity contribution is -0.143. The van der Waals surface area contributed by atoms with E-state index in [4.69, 9.17) is 0 Å². The molecule has 1 N–H and O–H groups in total. The molecule has 0 saturated carbocycles. The first-order chi connectivity index (χ1) is 14.3. The van der Waals surface area contributed by atoms with Crippen molar-refractivity contribution < 1.29 is 39.6 Å². The van der Waals surface area contributed by atoms with Gasteiger partial charge in [-0.05, 0) is 23.8 Å². The lowest BCUT2D eigenvalue weighted by atomic mass is 10.0. The van der Waals surface area contributed by atoms with Crippen molar-refractivity contribution in [2.24, 2.45) is 0 Å². The van der Waals surface area contributed by atoms with Gasteiger partial charge in [-0.3, -0.25) is 4.79 Å². The summed E-state index contributed by atoms with van der Waals surface area (Å²) in [5.74, 6) is -0.494. The molecule has 1 amide bonds. The molecule has 0 aliphatic carbocycles. The maximum atomic E-state index is 13.2. The average molecular weight is 466 g/mol. The van der Waals surface area contributed by atoms with Crippen LogP contribution in [0.15, 0.2) is 53.4 Å². The Kier molecular flexibility index (Phi) is 6.07. The second-order valence-electron chi connectivity index (χ2n) is 6.84. The molecule has 1 fully saturated rings. The summed E-state index contributed by atoms with van der Waals surface area (Å²) >= 11 is 0. The summed E-state index contributed by atoms with van der Waals surface area (Å²) in [6, 6.07) is 6.96. The first-order valence-corrected chi connectivity index (χ1v) is 10.4. The zero-order chi connectivity index (χ0) is 23.0. The van der Waals surface area contributed by atoms with Gasteiger partial charge in [0.1, 0.15) is 0 Å². The molecule has 0 bridgehead atoms. The minimum absolute atomic E-state index is 0.138. The van der Waals surface area contributed by atoms with E-state index in [2.05, 4.69) is 5.32 Å². The predicted octanol–water partition coefficient (Wildman–Crippen LogP) is 3.98. The van der Waals surface area contributed by atoms with Crippen LogP contribution < -0.4 is 5.32 Å². The van der Waals surface area contributed by atoms with Gasteiger partial charge in [-0.15, -0.1) is 0 Å². The number of alkyl halides is 6. The van der Waals surface area contributed by atoms with Crippen LogP contribution in [0.4, 0.5) is 26.3 Å². The normalized spacial score (nSPS) is 19.0. The van der Waals surface area contributed by atoms with Crippen molar-refractivity contribution in [3.8, 4) is 0 Å². The van der Waals surface area contributed by atoms with Gasteiger partial charge in [-0.2, -0.15) is 30.6 Å². The highest BCUT2D eigenvalue weighted by Gasteiger charge is 2.41. The predicted molar refractivity (Wildman–Crippen MR) is 97.1 cm³/mol. The number of hydrogen-bond donors (Lipinski definition) is 1. The van der Waals surface area contributed by atoms with Crippen molar-refractivity contribution in [1.82, 2.24) is 9.62 Å². The molecule has 0 spiro atoms. The van der Waals surface area contributed by atoms with Gasteiger partial charge in [0, 0.05) is 19.5 Å². The molecule has 1 aliphatic heterocycles. The van der Waals surface area contributed by atoms with E-state index < -0.39 is 50.3 Å². The molecule has 1 atom stereocenters. The van der Waals surface area contributed by atoms with Crippen LogP contribution in [0.25, 0.3) is 0 Å². The molecule has 1 aliphatic rings. The van der Waals surface area contributed by atoms with Gasteiger partial charge in [-0.25, -0.2) is 8.42 Å². The van der Waals surface area contributed by atoms with E-state index in [1.165, 1.54) is 12.1 Å². The third-order valence-electron chi connectivity index (χ3n) is 4.73. The van der Waals surface area contributed by atoms with Crippen LogP contribution in [0.2, 0.25) is 0 Å². The van der Waals surface area contributed by atoms with Gasteiger partial charge in [0.25, 0.3) is 0 Å². The standard InChI is InChI=1S/C19H16F6N2O3S/c20-18(21,22)13-8-14(19(23,24)25)10-15(9-13)31(29,30)27-7-6-26-17(28)11-16(27)12-4-2-1-3-5-12/h1-5,8-10,16H,6-7,11H2,(H,26,28)/t16-/m1/s1. The number of nitrogens with one attached hydrogen (secondary N) is 1. The number of nitrogens with zero attached hydrogens (tertiary/aromatic N) is 1. The monoisotopic (exact) mass is 466 g/mol. The fraction of sp³-hybridized carbons (Fsp3) is 0.316. The molecule has 0 radical (unpaired) electrons. The minimum atomic E-state index is -5.19. The van der Waals surface area contributed by atoms with E-state index in [1.54, 1.807) is 18.2 Å². The van der Waals surface area contributed by atoms with E-state index >= 15 is 0 Å². The fourth-order valence-corrected chi connectivity index (χ4v) is 4.95. The van der Waals surface area contributed by atoms with Gasteiger partial charge >= 0.3 is 12.4 Å². The molecule has 0 unspecified atom stereocenters. The van der Waals surface area contributed by atoms with Crippen molar-refractivity contribution in [3.05, 3.63) is 65.2 Å². The van der Waals surface area contributed by atoms with E-state index in [-0.39, 0.29) is 37.7 Å². The van der Waals surface area contributed by atoms with Crippen molar-refractivity contribution in [2.45, 2.75) is 29.7 Å². The van der Waals surface area contributed by atoms with Gasteiger partial charge in [0.2, 0.25) is 15.9 Å². The Bertz CT molecular complexity index is 1040. The van der Waals surface area contributed by atoms with Crippen molar-refractivity contribution in [1.29, 1.82) is 0 Å². The number of carbonyl (C=O) groups is 1. The van der Waals surface area contributed by atoms with Gasteiger partial charge in [0.15, 0.2) is 0 Å². The summed E-state index contributed by atoms with van der Waals surface area (Å²) in [5, 5.41) is 2.46. The zero-order valence-corrected chi connectivity index (χ0v) is 16.5. The quantitative estimate of drug-likeness (QED) is 0.697. The Labute approximate surface area is 173 Å². The van der Waals surface area contributed by atoms with Gasteiger partial charge in [-0.1, -0.05) is 30.3 Å². The Balaban J connectivity index is 2.17. The maximum absolute atomic E-state index is 13.2. The summed E-state index contributed by atoms with van der Waals surface area (Å²) in [6.07, 6.45) is -10.7. The molecule has 2 aromatic rings. The van der Waals surface area contributed by atoms with Crippen molar-refractivity contribution >= 4 is 15.9 Å². The van der Waals surface area contributed by atoms with Crippen LogP contribution >= 0.6 is 0 Å². The number of halogens is 6. The topological polar surface area (TPSA) is 66.5 Å². The summed E-state index contributed by atoms with van der Waals surface area (Å²) in [5.41, 5.74) is -3.09. The number of hydrogen-bond acceptors (Lipinski definition) is 3. The third-order valence-corrected chi connectivity index (χ3v) is 6.62. The summed E-state index contributed by atoms with van der Waals surface area (Å²) in [4.78, 5) is 10.9. The average Bonchev–Trinajstić information content (AvgIpc) is 2.89. The first-order valence-electron chi connectivity index (χ1n) is 8.93. The minimum Gasteiger partial charge on any atom is -0.355 e. The molecule has 12 heteroatoms. The van der Waals surface area contributed by atoms with Gasteiger partial charge in [0.05, 0.1) is 22.1 Å². The van der Waals surface area contributed by atoms with Crippen LogP contribution in [0, 0.1) is 0 Å². The zero-order valence-electron chi connectivity index (χ0n) is 15.7. The third kappa shape index (κ3) is 5.01. The highest BCUT2D eigenvalue weighted by molar-refractivity contribution is 7.89. The van der Waals surface area contributed by atoms with E-state index in [1.807, 2.05) is 0 Å². The van der Waals surface area contributed by atoms with E-state index in [0.29, 0.717) is 5.56 Å². The molecule has 31 heavy (non-hydrogen) atoms. The Morgan fingerprint density at radius 3 is 1.97 bits per heavy atom. The Morgan fingerprint density at radius 2 is 1.45 bits per heavy atom. The van der Waals surface area contributed by atoms with Crippen molar-refractivity contribution in [3.63, 3.8) is 0 Å². The molecule has 0 aromatic heterocycles. The Morgan fingerprint density at radius 1 is 0.903 bits per heavy atom. The molecule has 168 valence electrons. The van der Waals surface area contributed by atoms with E-state index in [0.717, 1.165) is 4.31 Å². The highest BCUT2D eigenvalue weighted by atomic mass is 32.2. The first kappa shape index (κ1) is 23.1. The largest absolute Gasteiger partial charge is 0.416 e. The maximum Gasteiger partial charge on any atom is 0.416 e. The molecular weight excluding hydrogens is 450 g/mol. The smallest absolute Gasteiger partial charge is 0.355 e. The van der Waals surface area contributed by atoms with Crippen LogP contribution in [0.5, 0.6) is 0 Å². The lowest BCUT2D eigenvalue weighted by Gasteiger charge is -2.29. The molecule has 1 saturated heterocycles. The summed E-state index contributed by atoms with van der Waals surface area (Å²) in [6.45, 7) is -0.474. The van der Waals surface area contributed by atoms with Crippen molar-refractivity contribution in [2.75, 3.05) is 13.1 Å². The second kappa shape index (κ2) is 8.15. The number of benzene rings is 2. The van der Waals surface area contributed by atoms with Crippen LogP contribution in [0.3, 0.4) is 0 Å². The van der Waals surface area contributed by atoms with Gasteiger partial charge < -0.3 is 5.32 Å². The molecule has 5 nitrogen and oxygen atoms in total. The number of rotatable bonds is 3. The summed E-state index contributed by atoms with van der Waals surface area (Å²) in [7, 11) is -4.83. The van der Waals surface area contributed by atoms with Crippen LogP contribution in [-0.2, 0) is 27.2 Å². The molecule has 1 heterocycles. The van der Waals surface area contributed by atoms with Crippen LogP contribution in [-0.4, -0.2) is 31.7 Å². The number of sulfonamides is 1. The van der Waals surface area contributed by atoms with Crippen LogP contribution in [0.1, 0.15) is 29.2 Å². The molecule has 3 rings (SSSR count). The fourth-order valence-electron chi connectivity index (χ4n) is 3.27. The van der Waals surface area contributed by atoms with E-state index in [9.17, 15) is 39.6 Å². The second-order valence-corrected chi connectivity index (χ2v) is 8.73. The SMILES string of the molecule is O=C1C[C@H](c2ccccc2)N(S(=O)(=O)c2cc(C(F)(F)F)cc(C(F)(F)F)c2)CCN1. The highest BCUT2D eigenvalue weighted by Crippen LogP contribution is 2.39. The lowest BCUT2D eigenvalue weighted by Crippen LogP contribution is -2.36. The summed E-state index contributed by atoms with van der Waals surface area (Å²) < 4.78 is 106.